The third-order valence-corrected chi connectivity index (χ3v) is 2.85. The molecule has 1 rings (SSSR count). The average Bonchev–Trinajstić information content (AvgIpc) is 2.27. The van der Waals surface area contributed by atoms with Gasteiger partial charge in [-0.15, -0.1) is 4.91 Å². The molecule has 1 aliphatic rings. The highest BCUT2D eigenvalue weighted by Gasteiger charge is 2.24. The molecule has 1 fully saturated rings. The summed E-state index contributed by atoms with van der Waals surface area (Å²) < 4.78 is 0. The summed E-state index contributed by atoms with van der Waals surface area (Å²) in [6, 6.07) is 0. The number of rotatable bonds is 6. The minimum atomic E-state index is -0.572. The van der Waals surface area contributed by atoms with Gasteiger partial charge in [-0.2, -0.15) is 5.12 Å². The zero-order valence-electron chi connectivity index (χ0n) is 9.21. The number of amides is 1. The minimum Gasteiger partial charge on any atom is -0.396 e. The maximum atomic E-state index is 10.7. The van der Waals surface area contributed by atoms with Crippen LogP contribution in [0.25, 0.3) is 0 Å². The Kier molecular flexibility index (Phi) is 5.13. The second-order valence-corrected chi connectivity index (χ2v) is 3.99. The lowest BCUT2D eigenvalue weighted by molar-refractivity contribution is -0.126. The molecule has 0 aromatic carbocycles. The molecule has 3 N–H and O–H groups in total. The maximum absolute atomic E-state index is 10.7. The van der Waals surface area contributed by atoms with Crippen molar-refractivity contribution in [1.82, 2.24) is 10.1 Å². The SMILES string of the molecule is NC(=O)CN(N=O)N1CCC(CCO)CC1. The van der Waals surface area contributed by atoms with Gasteiger partial charge in [0, 0.05) is 19.7 Å². The number of carbonyl (C=O) groups excluding carboxylic acids is 1. The second-order valence-electron chi connectivity index (χ2n) is 3.99. The molecule has 0 aliphatic carbocycles. The molecule has 0 unspecified atom stereocenters. The van der Waals surface area contributed by atoms with Gasteiger partial charge in [0.05, 0.1) is 5.29 Å². The molecule has 0 bridgehead atoms. The van der Waals surface area contributed by atoms with Crippen LogP contribution in [0.1, 0.15) is 19.3 Å². The van der Waals surface area contributed by atoms with E-state index in [2.05, 4.69) is 5.29 Å². The first-order valence-corrected chi connectivity index (χ1v) is 5.42. The molecule has 0 spiro atoms. The van der Waals surface area contributed by atoms with E-state index in [0.717, 1.165) is 24.4 Å². The van der Waals surface area contributed by atoms with Gasteiger partial charge >= 0.3 is 0 Å². The number of hydrogen-bond acceptors (Lipinski definition) is 5. The molecule has 0 radical (unpaired) electrons. The number of carbonyl (C=O) groups is 1. The first-order valence-electron chi connectivity index (χ1n) is 5.42. The van der Waals surface area contributed by atoms with E-state index in [1.54, 1.807) is 5.01 Å². The molecule has 7 heteroatoms. The normalized spacial score (nSPS) is 18.3. The number of aliphatic hydroxyl groups excluding tert-OH is 1. The number of primary amides is 1. The van der Waals surface area contributed by atoms with Crippen molar-refractivity contribution < 1.29 is 9.90 Å². The van der Waals surface area contributed by atoms with Gasteiger partial charge in [0.2, 0.25) is 5.91 Å². The van der Waals surface area contributed by atoms with Crippen molar-refractivity contribution in [2.75, 3.05) is 26.2 Å². The zero-order chi connectivity index (χ0) is 12.0. The number of nitroso groups, excluding NO2 is 1. The predicted molar refractivity (Wildman–Crippen MR) is 57.7 cm³/mol. The van der Waals surface area contributed by atoms with Crippen LogP contribution in [-0.4, -0.2) is 47.4 Å². The van der Waals surface area contributed by atoms with Crippen molar-refractivity contribution in [2.24, 2.45) is 16.9 Å². The lowest BCUT2D eigenvalue weighted by Crippen LogP contribution is -2.47. The van der Waals surface area contributed by atoms with Crippen LogP contribution < -0.4 is 5.73 Å². The van der Waals surface area contributed by atoms with Gasteiger partial charge in [0.15, 0.2) is 0 Å². The van der Waals surface area contributed by atoms with Crippen LogP contribution >= 0.6 is 0 Å². The summed E-state index contributed by atoms with van der Waals surface area (Å²) in [6.07, 6.45) is 2.58. The Morgan fingerprint density at radius 3 is 2.56 bits per heavy atom. The molecule has 1 aliphatic heterocycles. The van der Waals surface area contributed by atoms with Gasteiger partial charge in [0.1, 0.15) is 6.54 Å². The van der Waals surface area contributed by atoms with Crippen molar-refractivity contribution in [3.05, 3.63) is 4.91 Å². The van der Waals surface area contributed by atoms with E-state index < -0.39 is 5.91 Å². The Morgan fingerprint density at radius 2 is 2.12 bits per heavy atom. The summed E-state index contributed by atoms with van der Waals surface area (Å²) >= 11 is 0. The molecule has 0 aromatic rings. The largest absolute Gasteiger partial charge is 0.396 e. The van der Waals surface area contributed by atoms with E-state index in [0.29, 0.717) is 19.0 Å². The molecule has 0 saturated carbocycles. The predicted octanol–water partition coefficient (Wildman–Crippen LogP) is -0.536. The van der Waals surface area contributed by atoms with Crippen LogP contribution in [-0.2, 0) is 4.79 Å². The highest BCUT2D eigenvalue weighted by Crippen LogP contribution is 2.21. The molecule has 1 saturated heterocycles. The van der Waals surface area contributed by atoms with Crippen LogP contribution in [0, 0.1) is 10.8 Å². The summed E-state index contributed by atoms with van der Waals surface area (Å²) in [4.78, 5) is 21.2. The fourth-order valence-corrected chi connectivity index (χ4v) is 1.94. The van der Waals surface area contributed by atoms with Crippen LogP contribution in [0.3, 0.4) is 0 Å². The number of nitrogens with two attached hydrogens (primary N) is 1. The van der Waals surface area contributed by atoms with E-state index in [1.165, 1.54) is 0 Å². The number of hydrogen-bond donors (Lipinski definition) is 2. The third kappa shape index (κ3) is 3.74. The van der Waals surface area contributed by atoms with Crippen LogP contribution in [0.15, 0.2) is 5.29 Å². The molecule has 1 amide bonds. The van der Waals surface area contributed by atoms with Crippen molar-refractivity contribution >= 4 is 5.91 Å². The molecular weight excluding hydrogens is 212 g/mol. The van der Waals surface area contributed by atoms with Crippen LogP contribution in [0.5, 0.6) is 0 Å². The molecule has 0 atom stereocenters. The smallest absolute Gasteiger partial charge is 0.240 e. The highest BCUT2D eigenvalue weighted by atomic mass is 16.3. The Balaban J connectivity index is 2.38. The molecule has 7 nitrogen and oxygen atoms in total. The summed E-state index contributed by atoms with van der Waals surface area (Å²) in [7, 11) is 0. The fraction of sp³-hybridized carbons (Fsp3) is 0.889. The molecular formula is C9H18N4O3. The number of aliphatic hydroxyl groups is 1. The summed E-state index contributed by atoms with van der Waals surface area (Å²) in [5.41, 5.74) is 5.01. The minimum absolute atomic E-state index is 0.172. The number of nitrogens with zero attached hydrogens (tertiary/aromatic N) is 3. The monoisotopic (exact) mass is 230 g/mol. The quantitative estimate of drug-likeness (QED) is 0.472. The van der Waals surface area contributed by atoms with E-state index in [-0.39, 0.29) is 13.2 Å². The van der Waals surface area contributed by atoms with Gasteiger partial charge in [0.25, 0.3) is 0 Å². The van der Waals surface area contributed by atoms with E-state index in [1.807, 2.05) is 0 Å². The second kappa shape index (κ2) is 6.39. The van der Waals surface area contributed by atoms with Crippen molar-refractivity contribution in [3.63, 3.8) is 0 Å². The van der Waals surface area contributed by atoms with Crippen molar-refractivity contribution in [1.29, 1.82) is 0 Å². The topological polar surface area (TPSA) is 99.2 Å². The van der Waals surface area contributed by atoms with Gasteiger partial charge in [-0.05, 0) is 25.2 Å². The standard InChI is InChI=1S/C9H18N4O3/c10-9(15)7-13(11-16)12-4-1-8(2-5-12)3-6-14/h8,14H,1-7H2,(H2,10,15). The van der Waals surface area contributed by atoms with Gasteiger partial charge in [-0.25, -0.2) is 5.01 Å². The number of piperidine rings is 1. The molecule has 16 heavy (non-hydrogen) atoms. The van der Waals surface area contributed by atoms with Crippen LogP contribution in [0.4, 0.5) is 0 Å². The summed E-state index contributed by atoms with van der Waals surface area (Å²) in [5.74, 6) is -0.0830. The highest BCUT2D eigenvalue weighted by molar-refractivity contribution is 5.75. The molecule has 1 heterocycles. The molecule has 92 valence electrons. The number of hydrazine groups is 1. The Hall–Kier alpha value is -1.21. The fourth-order valence-electron chi connectivity index (χ4n) is 1.94. The van der Waals surface area contributed by atoms with Gasteiger partial charge < -0.3 is 10.8 Å². The van der Waals surface area contributed by atoms with Crippen molar-refractivity contribution in [2.45, 2.75) is 19.3 Å². The maximum Gasteiger partial charge on any atom is 0.240 e. The Morgan fingerprint density at radius 1 is 1.50 bits per heavy atom. The summed E-state index contributed by atoms with van der Waals surface area (Å²) in [6.45, 7) is 1.36. The van der Waals surface area contributed by atoms with E-state index in [4.69, 9.17) is 10.8 Å². The zero-order valence-corrected chi connectivity index (χ0v) is 9.21. The average molecular weight is 230 g/mol. The van der Waals surface area contributed by atoms with Gasteiger partial charge in [-0.3, -0.25) is 4.79 Å². The van der Waals surface area contributed by atoms with E-state index >= 15 is 0 Å². The Labute approximate surface area is 94.1 Å². The van der Waals surface area contributed by atoms with Crippen molar-refractivity contribution in [3.8, 4) is 0 Å². The lowest BCUT2D eigenvalue weighted by atomic mass is 9.95. The lowest BCUT2D eigenvalue weighted by Gasteiger charge is -2.35. The van der Waals surface area contributed by atoms with E-state index in [9.17, 15) is 9.70 Å². The third-order valence-electron chi connectivity index (χ3n) is 2.85. The van der Waals surface area contributed by atoms with Crippen LogP contribution in [0.2, 0.25) is 0 Å². The molecule has 0 aromatic heterocycles. The Bertz CT molecular complexity index is 241. The summed E-state index contributed by atoms with van der Waals surface area (Å²) in [5, 5.41) is 14.4. The first kappa shape index (κ1) is 12.9. The van der Waals surface area contributed by atoms with Gasteiger partial charge in [-0.1, -0.05) is 0 Å². The first-order chi connectivity index (χ1) is 7.67.